The van der Waals surface area contributed by atoms with Crippen molar-refractivity contribution in [3.05, 3.63) is 64.7 Å². The molecule has 0 bridgehead atoms. The van der Waals surface area contributed by atoms with Crippen LogP contribution in [-0.2, 0) is 10.8 Å². The molecule has 0 spiro atoms. The van der Waals surface area contributed by atoms with E-state index < -0.39 is 0 Å². The predicted octanol–water partition coefficient (Wildman–Crippen LogP) is 5.32. The SMILES string of the molecule is Cc1cc(C(C)(C)C)cc(C(C)(C)c2ccccc2)c1O. The molecule has 1 nitrogen and oxygen atoms in total. The molecule has 0 aromatic heterocycles. The lowest BCUT2D eigenvalue weighted by molar-refractivity contribution is 0.447. The van der Waals surface area contributed by atoms with Crippen molar-refractivity contribution in [3.63, 3.8) is 0 Å². The van der Waals surface area contributed by atoms with Gasteiger partial charge in [-0.25, -0.2) is 0 Å². The molecule has 0 fully saturated rings. The molecule has 112 valence electrons. The molecule has 0 radical (unpaired) electrons. The van der Waals surface area contributed by atoms with E-state index in [9.17, 15) is 5.11 Å². The van der Waals surface area contributed by atoms with E-state index in [0.29, 0.717) is 5.75 Å². The molecule has 0 aliphatic heterocycles. The van der Waals surface area contributed by atoms with Crippen LogP contribution in [-0.4, -0.2) is 5.11 Å². The molecule has 1 N–H and O–H groups in total. The van der Waals surface area contributed by atoms with Crippen molar-refractivity contribution >= 4 is 0 Å². The molecule has 2 aromatic carbocycles. The zero-order valence-electron chi connectivity index (χ0n) is 14.0. The molecular weight excluding hydrogens is 256 g/mol. The Hall–Kier alpha value is -1.76. The van der Waals surface area contributed by atoms with Crippen LogP contribution in [0.15, 0.2) is 42.5 Å². The minimum absolute atomic E-state index is 0.0694. The van der Waals surface area contributed by atoms with Crippen LogP contribution in [0, 0.1) is 6.92 Å². The number of phenols is 1. The van der Waals surface area contributed by atoms with Crippen LogP contribution in [0.3, 0.4) is 0 Å². The van der Waals surface area contributed by atoms with E-state index in [1.54, 1.807) is 0 Å². The molecule has 2 aromatic rings. The minimum atomic E-state index is -0.225. The number of hydrogen-bond donors (Lipinski definition) is 1. The maximum Gasteiger partial charge on any atom is 0.122 e. The second-order valence-corrected chi connectivity index (χ2v) is 7.43. The van der Waals surface area contributed by atoms with Gasteiger partial charge in [-0.15, -0.1) is 0 Å². The van der Waals surface area contributed by atoms with E-state index in [0.717, 1.165) is 11.1 Å². The van der Waals surface area contributed by atoms with E-state index in [1.807, 2.05) is 13.0 Å². The van der Waals surface area contributed by atoms with Crippen LogP contribution in [0.5, 0.6) is 5.75 Å². The standard InChI is InChI=1S/C20H26O/c1-14-12-16(19(2,3)4)13-17(18(14)21)20(5,6)15-10-8-7-9-11-15/h7-13,21H,1-6H3. The first-order chi connectivity index (χ1) is 9.64. The third kappa shape index (κ3) is 2.97. The fraction of sp³-hybridized carbons (Fsp3) is 0.400. The summed E-state index contributed by atoms with van der Waals surface area (Å²) in [5.41, 5.74) is 4.26. The number of aromatic hydroxyl groups is 1. The molecule has 0 saturated heterocycles. The normalized spacial score (nSPS) is 12.5. The third-order valence-electron chi connectivity index (χ3n) is 4.34. The molecule has 21 heavy (non-hydrogen) atoms. The maximum atomic E-state index is 10.6. The van der Waals surface area contributed by atoms with Gasteiger partial charge in [0.05, 0.1) is 0 Å². The van der Waals surface area contributed by atoms with E-state index in [4.69, 9.17) is 0 Å². The molecule has 0 aliphatic rings. The second kappa shape index (κ2) is 5.22. The highest BCUT2D eigenvalue weighted by atomic mass is 16.3. The van der Waals surface area contributed by atoms with Crippen molar-refractivity contribution < 1.29 is 5.11 Å². The Morgan fingerprint density at radius 1 is 0.810 bits per heavy atom. The highest BCUT2D eigenvalue weighted by Gasteiger charge is 2.28. The number of hydrogen-bond acceptors (Lipinski definition) is 1. The van der Waals surface area contributed by atoms with E-state index in [2.05, 4.69) is 71.0 Å². The number of phenolic OH excluding ortho intramolecular Hbond substituents is 1. The lowest BCUT2D eigenvalue weighted by Gasteiger charge is -2.30. The highest BCUT2D eigenvalue weighted by Crippen LogP contribution is 2.40. The van der Waals surface area contributed by atoms with Crippen molar-refractivity contribution in [2.24, 2.45) is 0 Å². The molecule has 1 heteroatoms. The van der Waals surface area contributed by atoms with Gasteiger partial charge in [-0.05, 0) is 29.0 Å². The summed E-state index contributed by atoms with van der Waals surface area (Å²) in [7, 11) is 0. The molecular formula is C20H26O. The van der Waals surface area contributed by atoms with Gasteiger partial charge >= 0.3 is 0 Å². The third-order valence-corrected chi connectivity index (χ3v) is 4.34. The molecule has 2 rings (SSSR count). The smallest absolute Gasteiger partial charge is 0.122 e. The summed E-state index contributed by atoms with van der Waals surface area (Å²) in [4.78, 5) is 0. The Morgan fingerprint density at radius 2 is 1.38 bits per heavy atom. The van der Waals surface area contributed by atoms with E-state index in [1.165, 1.54) is 11.1 Å². The molecule has 0 atom stereocenters. The van der Waals surface area contributed by atoms with Crippen molar-refractivity contribution in [2.75, 3.05) is 0 Å². The summed E-state index contributed by atoms with van der Waals surface area (Å²) in [6.07, 6.45) is 0. The first-order valence-electron chi connectivity index (χ1n) is 7.54. The van der Waals surface area contributed by atoms with Crippen LogP contribution in [0.4, 0.5) is 0 Å². The molecule has 0 amide bonds. The van der Waals surface area contributed by atoms with Crippen LogP contribution < -0.4 is 0 Å². The van der Waals surface area contributed by atoms with Crippen molar-refractivity contribution in [1.82, 2.24) is 0 Å². The molecule has 0 saturated carbocycles. The van der Waals surface area contributed by atoms with Gasteiger partial charge in [0.2, 0.25) is 0 Å². The monoisotopic (exact) mass is 282 g/mol. The van der Waals surface area contributed by atoms with Crippen LogP contribution in [0.2, 0.25) is 0 Å². The zero-order valence-corrected chi connectivity index (χ0v) is 14.0. The summed E-state index contributed by atoms with van der Waals surface area (Å²) < 4.78 is 0. The number of rotatable bonds is 2. The largest absolute Gasteiger partial charge is 0.507 e. The molecule has 0 unspecified atom stereocenters. The fourth-order valence-corrected chi connectivity index (χ4v) is 2.70. The Bertz CT molecular complexity index is 631. The van der Waals surface area contributed by atoms with Crippen molar-refractivity contribution in [1.29, 1.82) is 0 Å². The Kier molecular flexibility index (Phi) is 3.88. The highest BCUT2D eigenvalue weighted by molar-refractivity contribution is 5.52. The maximum absolute atomic E-state index is 10.6. The molecule has 0 aliphatic carbocycles. The Labute approximate surface area is 128 Å². The van der Waals surface area contributed by atoms with Gasteiger partial charge in [0.1, 0.15) is 5.75 Å². The average molecular weight is 282 g/mol. The van der Waals surface area contributed by atoms with Crippen LogP contribution in [0.25, 0.3) is 0 Å². The number of benzene rings is 2. The quantitative estimate of drug-likeness (QED) is 0.790. The van der Waals surface area contributed by atoms with Crippen LogP contribution in [0.1, 0.15) is 56.9 Å². The zero-order chi connectivity index (χ0) is 15.8. The fourth-order valence-electron chi connectivity index (χ4n) is 2.70. The first-order valence-corrected chi connectivity index (χ1v) is 7.54. The summed E-state index contributed by atoms with van der Waals surface area (Å²) >= 11 is 0. The van der Waals surface area contributed by atoms with Gasteiger partial charge in [0.25, 0.3) is 0 Å². The van der Waals surface area contributed by atoms with E-state index >= 15 is 0 Å². The number of aryl methyl sites for hydroxylation is 1. The summed E-state index contributed by atoms with van der Waals surface area (Å²) in [5.74, 6) is 0.414. The second-order valence-electron chi connectivity index (χ2n) is 7.43. The summed E-state index contributed by atoms with van der Waals surface area (Å²) in [6, 6.07) is 14.6. The molecule has 0 heterocycles. The predicted molar refractivity (Wildman–Crippen MR) is 90.1 cm³/mol. The minimum Gasteiger partial charge on any atom is -0.507 e. The first kappa shape index (κ1) is 15.6. The Balaban J connectivity index is 2.65. The summed E-state index contributed by atoms with van der Waals surface area (Å²) in [5, 5.41) is 10.6. The van der Waals surface area contributed by atoms with Crippen molar-refractivity contribution in [3.8, 4) is 5.75 Å². The van der Waals surface area contributed by atoms with Gasteiger partial charge in [-0.2, -0.15) is 0 Å². The van der Waals surface area contributed by atoms with Gasteiger partial charge in [0, 0.05) is 11.0 Å². The topological polar surface area (TPSA) is 20.2 Å². The van der Waals surface area contributed by atoms with Gasteiger partial charge in [-0.3, -0.25) is 0 Å². The lowest BCUT2D eigenvalue weighted by atomic mass is 9.74. The summed E-state index contributed by atoms with van der Waals surface area (Å²) in [6.45, 7) is 12.9. The van der Waals surface area contributed by atoms with Crippen LogP contribution >= 0.6 is 0 Å². The van der Waals surface area contributed by atoms with E-state index in [-0.39, 0.29) is 10.8 Å². The lowest BCUT2D eigenvalue weighted by Crippen LogP contribution is -2.21. The van der Waals surface area contributed by atoms with Crippen molar-refractivity contribution in [2.45, 2.75) is 52.4 Å². The van der Waals surface area contributed by atoms with Gasteiger partial charge in [-0.1, -0.05) is 77.1 Å². The Morgan fingerprint density at radius 3 is 1.90 bits per heavy atom. The van der Waals surface area contributed by atoms with Gasteiger partial charge in [0.15, 0.2) is 0 Å². The average Bonchev–Trinajstić information content (AvgIpc) is 2.41. The van der Waals surface area contributed by atoms with Gasteiger partial charge < -0.3 is 5.11 Å².